The Kier molecular flexibility index (Phi) is 5.61. The Bertz CT molecular complexity index is 906. The standard InChI is InChI=1S/C22H21FN2OS/c23-19-6-8-21(9-7-19)26-15-22-24-20(16-27-22)14-25-12-10-18(11-13-25)17-4-2-1-3-5-17/h1-10,16H,11-15H2. The Labute approximate surface area is 162 Å². The summed E-state index contributed by atoms with van der Waals surface area (Å²) in [6, 6.07) is 16.7. The van der Waals surface area contributed by atoms with Gasteiger partial charge in [0.25, 0.3) is 0 Å². The molecule has 3 nitrogen and oxygen atoms in total. The molecule has 1 aliphatic rings. The summed E-state index contributed by atoms with van der Waals surface area (Å²) in [7, 11) is 0. The molecule has 2 heterocycles. The van der Waals surface area contributed by atoms with Crippen LogP contribution in [0.2, 0.25) is 0 Å². The molecule has 4 rings (SSSR count). The minimum atomic E-state index is -0.259. The molecule has 5 heteroatoms. The smallest absolute Gasteiger partial charge is 0.140 e. The monoisotopic (exact) mass is 380 g/mol. The molecule has 0 radical (unpaired) electrons. The number of nitrogens with zero attached hydrogens (tertiary/aromatic N) is 2. The Morgan fingerprint density at radius 3 is 2.63 bits per heavy atom. The average molecular weight is 380 g/mol. The van der Waals surface area contributed by atoms with E-state index in [0.717, 1.165) is 36.8 Å². The zero-order valence-electron chi connectivity index (χ0n) is 15.0. The predicted molar refractivity (Wildman–Crippen MR) is 107 cm³/mol. The molecule has 0 fully saturated rings. The van der Waals surface area contributed by atoms with Gasteiger partial charge < -0.3 is 4.74 Å². The SMILES string of the molecule is Fc1ccc(OCc2nc(CN3CC=C(c4ccccc4)CC3)cs2)cc1. The van der Waals surface area contributed by atoms with Gasteiger partial charge in [-0.25, -0.2) is 9.37 Å². The minimum absolute atomic E-state index is 0.259. The fraction of sp³-hybridized carbons (Fsp3) is 0.227. The number of rotatable bonds is 6. The molecule has 0 saturated carbocycles. The van der Waals surface area contributed by atoms with E-state index in [2.05, 4.69) is 51.7 Å². The highest BCUT2D eigenvalue weighted by Crippen LogP contribution is 2.23. The van der Waals surface area contributed by atoms with Crippen molar-refractivity contribution in [2.24, 2.45) is 0 Å². The van der Waals surface area contributed by atoms with E-state index >= 15 is 0 Å². The highest BCUT2D eigenvalue weighted by atomic mass is 32.1. The van der Waals surface area contributed by atoms with Gasteiger partial charge in [0.2, 0.25) is 0 Å². The van der Waals surface area contributed by atoms with Crippen LogP contribution >= 0.6 is 11.3 Å². The molecule has 138 valence electrons. The van der Waals surface area contributed by atoms with E-state index in [4.69, 9.17) is 4.74 Å². The molecule has 1 aromatic heterocycles. The van der Waals surface area contributed by atoms with Crippen molar-refractivity contribution in [2.45, 2.75) is 19.6 Å². The van der Waals surface area contributed by atoms with Crippen LogP contribution < -0.4 is 4.74 Å². The molecule has 27 heavy (non-hydrogen) atoms. The quantitative estimate of drug-likeness (QED) is 0.591. The van der Waals surface area contributed by atoms with Crippen molar-refractivity contribution in [3.63, 3.8) is 0 Å². The van der Waals surface area contributed by atoms with E-state index in [1.165, 1.54) is 23.3 Å². The molecular formula is C22H21FN2OS. The van der Waals surface area contributed by atoms with E-state index < -0.39 is 0 Å². The number of hydrogen-bond acceptors (Lipinski definition) is 4. The van der Waals surface area contributed by atoms with Gasteiger partial charge in [0.1, 0.15) is 23.2 Å². The maximum absolute atomic E-state index is 12.9. The van der Waals surface area contributed by atoms with Crippen LogP contribution in [0.5, 0.6) is 5.75 Å². The van der Waals surface area contributed by atoms with E-state index in [1.807, 2.05) is 0 Å². The van der Waals surface area contributed by atoms with Gasteiger partial charge in [-0.3, -0.25) is 4.90 Å². The van der Waals surface area contributed by atoms with Crippen molar-refractivity contribution in [1.82, 2.24) is 9.88 Å². The van der Waals surface area contributed by atoms with Gasteiger partial charge in [-0.15, -0.1) is 11.3 Å². The summed E-state index contributed by atoms with van der Waals surface area (Å²) in [6.07, 6.45) is 3.39. The van der Waals surface area contributed by atoms with E-state index in [9.17, 15) is 4.39 Å². The molecule has 1 aliphatic heterocycles. The third kappa shape index (κ3) is 4.81. The lowest BCUT2D eigenvalue weighted by molar-refractivity contribution is 0.287. The van der Waals surface area contributed by atoms with Crippen LogP contribution in [-0.4, -0.2) is 23.0 Å². The number of benzene rings is 2. The summed E-state index contributed by atoms with van der Waals surface area (Å²) in [6.45, 7) is 3.25. The molecule has 0 N–H and O–H groups in total. The lowest BCUT2D eigenvalue weighted by Crippen LogP contribution is -2.28. The summed E-state index contributed by atoms with van der Waals surface area (Å²) in [5, 5.41) is 3.03. The Morgan fingerprint density at radius 1 is 1.07 bits per heavy atom. The summed E-state index contributed by atoms with van der Waals surface area (Å²) in [4.78, 5) is 7.08. The second kappa shape index (κ2) is 8.46. The van der Waals surface area contributed by atoms with E-state index in [1.54, 1.807) is 23.5 Å². The van der Waals surface area contributed by atoms with Crippen molar-refractivity contribution in [1.29, 1.82) is 0 Å². The normalized spacial score (nSPS) is 14.8. The summed E-state index contributed by atoms with van der Waals surface area (Å²) >= 11 is 1.61. The number of ether oxygens (including phenoxy) is 1. The molecule has 0 bridgehead atoms. The molecule has 0 saturated heterocycles. The molecule has 0 spiro atoms. The molecule has 0 atom stereocenters. The molecular weight excluding hydrogens is 359 g/mol. The maximum Gasteiger partial charge on any atom is 0.140 e. The van der Waals surface area contributed by atoms with Crippen LogP contribution in [0, 0.1) is 5.82 Å². The molecule has 0 aliphatic carbocycles. The first kappa shape index (κ1) is 17.9. The van der Waals surface area contributed by atoms with Crippen molar-refractivity contribution < 1.29 is 9.13 Å². The van der Waals surface area contributed by atoms with Gasteiger partial charge in [0.05, 0.1) is 5.69 Å². The topological polar surface area (TPSA) is 25.4 Å². The van der Waals surface area contributed by atoms with Gasteiger partial charge in [-0.2, -0.15) is 0 Å². The van der Waals surface area contributed by atoms with Crippen LogP contribution in [-0.2, 0) is 13.2 Å². The largest absolute Gasteiger partial charge is 0.486 e. The number of thiazole rings is 1. The second-order valence-corrected chi connectivity index (χ2v) is 7.50. The third-order valence-corrected chi connectivity index (χ3v) is 5.47. The van der Waals surface area contributed by atoms with Crippen molar-refractivity contribution >= 4 is 16.9 Å². The van der Waals surface area contributed by atoms with Crippen molar-refractivity contribution in [3.8, 4) is 5.75 Å². The van der Waals surface area contributed by atoms with Gasteiger partial charge in [0.15, 0.2) is 0 Å². The van der Waals surface area contributed by atoms with E-state index in [0.29, 0.717) is 12.4 Å². The van der Waals surface area contributed by atoms with Crippen molar-refractivity contribution in [3.05, 3.63) is 88.1 Å². The zero-order valence-corrected chi connectivity index (χ0v) is 15.8. The van der Waals surface area contributed by atoms with Crippen LogP contribution in [0.3, 0.4) is 0 Å². The fourth-order valence-electron chi connectivity index (χ4n) is 3.16. The minimum Gasteiger partial charge on any atom is -0.486 e. The summed E-state index contributed by atoms with van der Waals surface area (Å²) in [5.41, 5.74) is 3.83. The van der Waals surface area contributed by atoms with Crippen LogP contribution in [0.15, 0.2) is 66.1 Å². The Hall–Kier alpha value is -2.50. The average Bonchev–Trinajstić information content (AvgIpc) is 3.16. The lowest BCUT2D eigenvalue weighted by Gasteiger charge is -2.25. The van der Waals surface area contributed by atoms with Crippen molar-refractivity contribution in [2.75, 3.05) is 13.1 Å². The number of halogens is 1. The lowest BCUT2D eigenvalue weighted by atomic mass is 9.99. The highest BCUT2D eigenvalue weighted by Gasteiger charge is 2.14. The first-order valence-corrected chi connectivity index (χ1v) is 9.93. The highest BCUT2D eigenvalue weighted by molar-refractivity contribution is 7.09. The maximum atomic E-state index is 12.9. The predicted octanol–water partition coefficient (Wildman–Crippen LogP) is 5.15. The number of hydrogen-bond donors (Lipinski definition) is 0. The number of aromatic nitrogens is 1. The molecule has 2 aromatic carbocycles. The van der Waals surface area contributed by atoms with Gasteiger partial charge >= 0.3 is 0 Å². The van der Waals surface area contributed by atoms with Gasteiger partial charge in [-0.05, 0) is 41.8 Å². The second-order valence-electron chi connectivity index (χ2n) is 6.56. The summed E-state index contributed by atoms with van der Waals surface area (Å²) < 4.78 is 18.6. The summed E-state index contributed by atoms with van der Waals surface area (Å²) in [5.74, 6) is 0.396. The first-order chi connectivity index (χ1) is 13.3. The Balaban J connectivity index is 1.29. The van der Waals surface area contributed by atoms with E-state index in [-0.39, 0.29) is 5.82 Å². The van der Waals surface area contributed by atoms with Gasteiger partial charge in [0, 0.05) is 25.0 Å². The van der Waals surface area contributed by atoms with Gasteiger partial charge in [-0.1, -0.05) is 36.4 Å². The van der Waals surface area contributed by atoms with Crippen LogP contribution in [0.1, 0.15) is 22.7 Å². The zero-order chi connectivity index (χ0) is 18.5. The molecule has 0 unspecified atom stereocenters. The third-order valence-electron chi connectivity index (χ3n) is 4.60. The van der Waals surface area contributed by atoms with Crippen LogP contribution in [0.25, 0.3) is 5.57 Å². The first-order valence-electron chi connectivity index (χ1n) is 9.05. The molecule has 3 aromatic rings. The van der Waals surface area contributed by atoms with Crippen LogP contribution in [0.4, 0.5) is 4.39 Å². The Morgan fingerprint density at radius 2 is 1.89 bits per heavy atom. The fourth-order valence-corrected chi connectivity index (χ4v) is 3.86. The molecule has 0 amide bonds.